The lowest BCUT2D eigenvalue weighted by Crippen LogP contribution is -1.96. The molecule has 2 aromatic heterocycles. The van der Waals surface area contributed by atoms with Crippen molar-refractivity contribution >= 4 is 28.2 Å². The smallest absolute Gasteiger partial charge is 0.237 e. The van der Waals surface area contributed by atoms with Crippen molar-refractivity contribution in [3.8, 4) is 17.1 Å². The van der Waals surface area contributed by atoms with E-state index in [4.69, 9.17) is 9.26 Å². The maximum Gasteiger partial charge on any atom is 0.237 e. The summed E-state index contributed by atoms with van der Waals surface area (Å²) in [5, 5.41) is 16.0. The molecule has 0 aliphatic rings. The fourth-order valence-corrected chi connectivity index (χ4v) is 3.47. The van der Waals surface area contributed by atoms with E-state index < -0.39 is 0 Å². The van der Waals surface area contributed by atoms with Gasteiger partial charge in [-0.2, -0.15) is 4.98 Å². The highest BCUT2D eigenvalue weighted by Crippen LogP contribution is 2.30. The van der Waals surface area contributed by atoms with E-state index in [1.807, 2.05) is 24.3 Å². The standard InChI is InChI=1S/C15H15N5O2S2/c1-3-8-16-14-18-19-15(24-14)23-9-12-17-13(20-22-12)10-6-4-5-7-11(10)21-2/h3-7H,1,8-9H2,2H3,(H,16,18). The molecule has 0 unspecified atom stereocenters. The summed E-state index contributed by atoms with van der Waals surface area (Å²) in [5.41, 5.74) is 0.798. The molecule has 0 fully saturated rings. The highest BCUT2D eigenvalue weighted by atomic mass is 32.2. The molecule has 0 bridgehead atoms. The number of nitrogens with one attached hydrogen (secondary N) is 1. The molecule has 0 spiro atoms. The number of methoxy groups -OCH3 is 1. The minimum Gasteiger partial charge on any atom is -0.496 e. The van der Waals surface area contributed by atoms with Crippen molar-refractivity contribution in [1.29, 1.82) is 0 Å². The van der Waals surface area contributed by atoms with Crippen molar-refractivity contribution in [2.75, 3.05) is 19.0 Å². The van der Waals surface area contributed by atoms with E-state index in [2.05, 4.69) is 32.2 Å². The molecular weight excluding hydrogens is 346 g/mol. The quantitative estimate of drug-likeness (QED) is 0.482. The Bertz CT molecular complexity index is 818. The summed E-state index contributed by atoms with van der Waals surface area (Å²) < 4.78 is 11.4. The number of para-hydroxylation sites is 1. The van der Waals surface area contributed by atoms with E-state index in [1.54, 1.807) is 13.2 Å². The predicted molar refractivity (Wildman–Crippen MR) is 94.4 cm³/mol. The van der Waals surface area contributed by atoms with Gasteiger partial charge in [0.1, 0.15) is 5.75 Å². The highest BCUT2D eigenvalue weighted by molar-refractivity contribution is 8.00. The summed E-state index contributed by atoms with van der Waals surface area (Å²) in [4.78, 5) is 4.41. The summed E-state index contributed by atoms with van der Waals surface area (Å²) in [6, 6.07) is 7.55. The molecule has 2 heterocycles. The summed E-state index contributed by atoms with van der Waals surface area (Å²) >= 11 is 2.97. The number of hydrogen-bond donors (Lipinski definition) is 1. The first kappa shape index (κ1) is 16.5. The number of hydrogen-bond acceptors (Lipinski definition) is 9. The Morgan fingerprint density at radius 1 is 1.38 bits per heavy atom. The van der Waals surface area contributed by atoms with Gasteiger partial charge in [0.05, 0.1) is 18.4 Å². The van der Waals surface area contributed by atoms with Crippen molar-refractivity contribution in [3.63, 3.8) is 0 Å². The number of aromatic nitrogens is 4. The molecular formula is C15H15N5O2S2. The third-order valence-corrected chi connectivity index (χ3v) is 4.94. The molecule has 3 rings (SSSR count). The van der Waals surface area contributed by atoms with Gasteiger partial charge in [-0.3, -0.25) is 0 Å². The lowest BCUT2D eigenvalue weighted by Gasteiger charge is -2.02. The third kappa shape index (κ3) is 3.92. The summed E-state index contributed by atoms with van der Waals surface area (Å²) in [7, 11) is 1.61. The molecule has 3 aromatic rings. The van der Waals surface area contributed by atoms with Crippen LogP contribution in [0.15, 0.2) is 45.8 Å². The molecule has 0 amide bonds. The summed E-state index contributed by atoms with van der Waals surface area (Å²) in [5.74, 6) is 2.27. The van der Waals surface area contributed by atoms with E-state index in [0.717, 1.165) is 15.0 Å². The van der Waals surface area contributed by atoms with E-state index in [1.165, 1.54) is 23.1 Å². The van der Waals surface area contributed by atoms with E-state index in [9.17, 15) is 0 Å². The van der Waals surface area contributed by atoms with Crippen LogP contribution in [0, 0.1) is 0 Å². The third-order valence-electron chi connectivity index (χ3n) is 2.94. The number of benzene rings is 1. The number of rotatable bonds is 8. The van der Waals surface area contributed by atoms with E-state index in [0.29, 0.717) is 29.8 Å². The SMILES string of the molecule is C=CCNc1nnc(SCc2nc(-c3ccccc3OC)no2)s1. The lowest BCUT2D eigenvalue weighted by molar-refractivity contribution is 0.390. The molecule has 0 saturated carbocycles. The molecule has 0 aliphatic heterocycles. The molecule has 1 aromatic carbocycles. The van der Waals surface area contributed by atoms with Crippen molar-refractivity contribution < 1.29 is 9.26 Å². The Morgan fingerprint density at radius 2 is 2.25 bits per heavy atom. The zero-order valence-corrected chi connectivity index (χ0v) is 14.6. The first-order valence-electron chi connectivity index (χ1n) is 7.07. The molecule has 1 N–H and O–H groups in total. The molecule has 0 aliphatic carbocycles. The Hall–Kier alpha value is -2.39. The summed E-state index contributed by atoms with van der Waals surface area (Å²) in [6.45, 7) is 4.31. The maximum atomic E-state index is 5.32. The monoisotopic (exact) mass is 361 g/mol. The molecule has 7 nitrogen and oxygen atoms in total. The Morgan fingerprint density at radius 3 is 3.08 bits per heavy atom. The van der Waals surface area contributed by atoms with E-state index in [-0.39, 0.29) is 0 Å². The van der Waals surface area contributed by atoms with Crippen LogP contribution in [-0.2, 0) is 5.75 Å². The Labute approximate surface area is 147 Å². The average molecular weight is 361 g/mol. The number of nitrogens with zero attached hydrogens (tertiary/aromatic N) is 4. The van der Waals surface area contributed by atoms with Crippen LogP contribution in [-0.4, -0.2) is 34.0 Å². The number of thioether (sulfide) groups is 1. The van der Waals surface area contributed by atoms with Crippen LogP contribution in [0.25, 0.3) is 11.4 Å². The van der Waals surface area contributed by atoms with Crippen molar-refractivity contribution in [2.45, 2.75) is 10.1 Å². The molecule has 0 atom stereocenters. The van der Waals surface area contributed by atoms with Crippen LogP contribution < -0.4 is 10.1 Å². The van der Waals surface area contributed by atoms with Crippen molar-refractivity contribution in [3.05, 3.63) is 42.8 Å². The van der Waals surface area contributed by atoms with Gasteiger partial charge < -0.3 is 14.6 Å². The van der Waals surface area contributed by atoms with Gasteiger partial charge in [-0.25, -0.2) is 0 Å². The van der Waals surface area contributed by atoms with Crippen LogP contribution in [0.2, 0.25) is 0 Å². The molecule has 0 saturated heterocycles. The zero-order valence-electron chi connectivity index (χ0n) is 12.9. The van der Waals surface area contributed by atoms with Gasteiger partial charge in [0, 0.05) is 6.54 Å². The largest absolute Gasteiger partial charge is 0.496 e. The van der Waals surface area contributed by atoms with Gasteiger partial charge in [-0.1, -0.05) is 46.5 Å². The second kappa shape index (κ2) is 7.93. The Balaban J connectivity index is 1.64. The predicted octanol–water partition coefficient (Wildman–Crippen LogP) is 3.49. The van der Waals surface area contributed by atoms with Gasteiger partial charge in [0.2, 0.25) is 16.8 Å². The summed E-state index contributed by atoms with van der Waals surface area (Å²) in [6.07, 6.45) is 1.77. The maximum absolute atomic E-state index is 5.32. The highest BCUT2D eigenvalue weighted by Gasteiger charge is 2.14. The van der Waals surface area contributed by atoms with Gasteiger partial charge in [-0.15, -0.1) is 16.8 Å². The lowest BCUT2D eigenvalue weighted by atomic mass is 10.2. The van der Waals surface area contributed by atoms with Gasteiger partial charge in [0.25, 0.3) is 0 Å². The number of anilines is 1. The van der Waals surface area contributed by atoms with Crippen LogP contribution in [0.3, 0.4) is 0 Å². The van der Waals surface area contributed by atoms with Crippen LogP contribution in [0.1, 0.15) is 5.89 Å². The fraction of sp³-hybridized carbons (Fsp3) is 0.200. The van der Waals surface area contributed by atoms with Crippen molar-refractivity contribution in [2.24, 2.45) is 0 Å². The fourth-order valence-electron chi connectivity index (χ4n) is 1.87. The molecule has 0 radical (unpaired) electrons. The minimum atomic E-state index is 0.508. The van der Waals surface area contributed by atoms with Crippen LogP contribution in [0.4, 0.5) is 5.13 Å². The van der Waals surface area contributed by atoms with E-state index >= 15 is 0 Å². The average Bonchev–Trinajstić information content (AvgIpc) is 3.27. The molecule has 124 valence electrons. The zero-order chi connectivity index (χ0) is 16.8. The van der Waals surface area contributed by atoms with Crippen molar-refractivity contribution in [1.82, 2.24) is 20.3 Å². The minimum absolute atomic E-state index is 0.508. The number of ether oxygens (including phenoxy) is 1. The second-order valence-electron chi connectivity index (χ2n) is 4.54. The topological polar surface area (TPSA) is 86.0 Å². The first-order valence-corrected chi connectivity index (χ1v) is 8.87. The van der Waals surface area contributed by atoms with Crippen LogP contribution in [0.5, 0.6) is 5.75 Å². The van der Waals surface area contributed by atoms with Gasteiger partial charge in [0.15, 0.2) is 4.34 Å². The van der Waals surface area contributed by atoms with Gasteiger partial charge >= 0.3 is 0 Å². The first-order chi connectivity index (χ1) is 11.8. The van der Waals surface area contributed by atoms with Gasteiger partial charge in [-0.05, 0) is 12.1 Å². The second-order valence-corrected chi connectivity index (χ2v) is 6.74. The van der Waals surface area contributed by atoms with Crippen LogP contribution >= 0.6 is 23.1 Å². The molecule has 24 heavy (non-hydrogen) atoms. The molecule has 9 heteroatoms. The normalized spacial score (nSPS) is 10.5. The Kier molecular flexibility index (Phi) is 5.44.